The fourth-order valence-electron chi connectivity index (χ4n) is 6.41. The van der Waals surface area contributed by atoms with E-state index in [0.29, 0.717) is 11.8 Å². The van der Waals surface area contributed by atoms with Gasteiger partial charge in [0.15, 0.2) is 0 Å². The first-order valence-corrected chi connectivity index (χ1v) is 12.2. The van der Waals surface area contributed by atoms with Crippen LogP contribution in [0.15, 0.2) is 41.6 Å². The number of carbonyl (C=O) groups is 1. The first-order chi connectivity index (χ1) is 15.4. The predicted octanol–water partition coefficient (Wildman–Crippen LogP) is 6.24. The molecular formula is C27H36FN3O. The summed E-state index contributed by atoms with van der Waals surface area (Å²) in [5, 5.41) is 8.06. The molecule has 0 spiro atoms. The van der Waals surface area contributed by atoms with Crippen molar-refractivity contribution in [1.29, 1.82) is 0 Å². The number of carbonyl (C=O) groups excluding carboxylic acids is 1. The van der Waals surface area contributed by atoms with E-state index < -0.39 is 0 Å². The molecule has 2 aliphatic carbocycles. The van der Waals surface area contributed by atoms with Crippen LogP contribution in [0.3, 0.4) is 0 Å². The molecule has 4 rings (SSSR count). The molecule has 0 radical (unpaired) electrons. The monoisotopic (exact) mass is 437 g/mol. The van der Waals surface area contributed by atoms with Crippen molar-refractivity contribution in [3.8, 4) is 5.69 Å². The van der Waals surface area contributed by atoms with Crippen molar-refractivity contribution >= 4 is 5.91 Å². The summed E-state index contributed by atoms with van der Waals surface area (Å²) in [4.78, 5) is 12.1. The number of halogens is 1. The van der Waals surface area contributed by atoms with Crippen molar-refractivity contribution in [2.45, 2.75) is 90.5 Å². The molecule has 1 aromatic carbocycles. The van der Waals surface area contributed by atoms with Crippen LogP contribution in [0.25, 0.3) is 5.69 Å². The summed E-state index contributed by atoms with van der Waals surface area (Å²) >= 11 is 0. The zero-order valence-electron chi connectivity index (χ0n) is 19.9. The maximum Gasteiger partial charge on any atom is 0.217 e. The van der Waals surface area contributed by atoms with E-state index in [4.69, 9.17) is 0 Å². The van der Waals surface area contributed by atoms with Gasteiger partial charge in [0, 0.05) is 30.4 Å². The lowest BCUT2D eigenvalue weighted by molar-refractivity contribution is -0.121. The fraction of sp³-hybridized carbons (Fsp3) is 0.556. The van der Waals surface area contributed by atoms with Crippen LogP contribution in [0.5, 0.6) is 0 Å². The predicted molar refractivity (Wildman–Crippen MR) is 126 cm³/mol. The number of aromatic nitrogens is 2. The second-order valence-corrected chi connectivity index (χ2v) is 9.79. The third-order valence-corrected chi connectivity index (χ3v) is 7.46. The molecule has 2 aliphatic rings. The minimum Gasteiger partial charge on any atom is -0.351 e. The van der Waals surface area contributed by atoms with Crippen LogP contribution in [0, 0.1) is 11.7 Å². The summed E-state index contributed by atoms with van der Waals surface area (Å²) in [6.45, 7) is 8.39. The van der Waals surface area contributed by atoms with Crippen molar-refractivity contribution in [3.05, 3.63) is 58.7 Å². The molecule has 0 unspecified atom stereocenters. The second-order valence-electron chi connectivity index (χ2n) is 9.79. The Bertz CT molecular complexity index is 998. The zero-order valence-corrected chi connectivity index (χ0v) is 19.9. The van der Waals surface area contributed by atoms with E-state index in [1.165, 1.54) is 23.4 Å². The number of nitrogens with zero attached hydrogens (tertiary/aromatic N) is 2. The summed E-state index contributed by atoms with van der Waals surface area (Å²) in [6.07, 6.45) is 10.4. The first-order valence-electron chi connectivity index (χ1n) is 12.2. The van der Waals surface area contributed by atoms with Crippen LogP contribution >= 0.6 is 0 Å². The van der Waals surface area contributed by atoms with Gasteiger partial charge < -0.3 is 5.32 Å². The fourth-order valence-corrected chi connectivity index (χ4v) is 6.41. The van der Waals surface area contributed by atoms with Gasteiger partial charge in [0.25, 0.3) is 0 Å². The molecule has 0 aliphatic heterocycles. The third-order valence-electron chi connectivity index (χ3n) is 7.46. The van der Waals surface area contributed by atoms with Crippen molar-refractivity contribution < 1.29 is 9.18 Å². The largest absolute Gasteiger partial charge is 0.351 e. The van der Waals surface area contributed by atoms with Crippen LogP contribution in [-0.4, -0.2) is 21.2 Å². The lowest BCUT2D eigenvalue weighted by Gasteiger charge is -2.38. The molecule has 32 heavy (non-hydrogen) atoms. The van der Waals surface area contributed by atoms with Gasteiger partial charge in [0.05, 0.1) is 17.6 Å². The van der Waals surface area contributed by atoms with Gasteiger partial charge in [0.1, 0.15) is 5.82 Å². The van der Waals surface area contributed by atoms with Crippen LogP contribution in [-0.2, 0) is 11.2 Å². The van der Waals surface area contributed by atoms with E-state index in [1.54, 1.807) is 30.2 Å². The summed E-state index contributed by atoms with van der Waals surface area (Å²) in [6, 6.07) is 6.59. The number of rotatable bonds is 8. The lowest BCUT2D eigenvalue weighted by atomic mass is 9.73. The van der Waals surface area contributed by atoms with E-state index in [0.717, 1.165) is 57.1 Å². The number of nitrogens with one attached hydrogen (secondary N) is 1. The van der Waals surface area contributed by atoms with E-state index >= 15 is 0 Å². The Balaban J connectivity index is 1.62. The highest BCUT2D eigenvalue weighted by Gasteiger charge is 2.40. The van der Waals surface area contributed by atoms with Gasteiger partial charge in [-0.05, 0) is 62.3 Å². The maximum absolute atomic E-state index is 13.4. The second kappa shape index (κ2) is 9.21. The number of amides is 1. The highest BCUT2D eigenvalue weighted by Crippen LogP contribution is 2.50. The molecule has 2 atom stereocenters. The van der Waals surface area contributed by atoms with Gasteiger partial charge in [-0.2, -0.15) is 5.10 Å². The third kappa shape index (κ3) is 4.26. The molecule has 4 nitrogen and oxygen atoms in total. The van der Waals surface area contributed by atoms with Gasteiger partial charge in [-0.25, -0.2) is 9.07 Å². The van der Waals surface area contributed by atoms with Crippen molar-refractivity contribution in [2.24, 2.45) is 5.92 Å². The molecule has 0 bridgehead atoms. The average Bonchev–Trinajstić information content (AvgIpc) is 3.33. The molecule has 1 heterocycles. The average molecular weight is 438 g/mol. The van der Waals surface area contributed by atoms with Crippen LogP contribution in [0.4, 0.5) is 4.39 Å². The van der Waals surface area contributed by atoms with Gasteiger partial charge >= 0.3 is 0 Å². The normalized spacial score (nSPS) is 20.3. The maximum atomic E-state index is 13.4. The van der Waals surface area contributed by atoms with Gasteiger partial charge in [-0.15, -0.1) is 0 Å². The summed E-state index contributed by atoms with van der Waals surface area (Å²) in [7, 11) is 0. The Morgan fingerprint density at radius 3 is 2.53 bits per heavy atom. The standard InChI is InChI=1S/C27H36FN3O/c1-5-13-27(14-6-2,30-19(4)32)16-21-8-7-20-15-25-24(18(3)26(20)21)17-29-31(25)23-11-9-22(28)10-12-23/h9-12,17-18,21H,5-8,13-16H2,1-4H3,(H,30,32)/t18-,21+/m0/s1. The van der Waals surface area contributed by atoms with Crippen LogP contribution < -0.4 is 5.32 Å². The van der Waals surface area contributed by atoms with Crippen molar-refractivity contribution in [1.82, 2.24) is 15.1 Å². The highest BCUT2D eigenvalue weighted by atomic mass is 19.1. The summed E-state index contributed by atoms with van der Waals surface area (Å²) in [5.41, 5.74) is 6.45. The highest BCUT2D eigenvalue weighted by molar-refractivity contribution is 5.73. The summed E-state index contributed by atoms with van der Waals surface area (Å²) in [5.74, 6) is 0.688. The van der Waals surface area contributed by atoms with Crippen LogP contribution in [0.1, 0.15) is 89.8 Å². The minimum atomic E-state index is -0.228. The van der Waals surface area contributed by atoms with E-state index in [-0.39, 0.29) is 17.3 Å². The van der Waals surface area contributed by atoms with E-state index in [1.807, 2.05) is 10.9 Å². The molecule has 1 amide bonds. The number of hydrogen-bond acceptors (Lipinski definition) is 2. The van der Waals surface area contributed by atoms with Gasteiger partial charge in [-0.3, -0.25) is 4.79 Å². The number of hydrogen-bond donors (Lipinski definition) is 1. The Morgan fingerprint density at radius 2 is 1.91 bits per heavy atom. The van der Waals surface area contributed by atoms with Crippen molar-refractivity contribution in [2.75, 3.05) is 0 Å². The Kier molecular flexibility index (Phi) is 6.55. The molecule has 0 saturated carbocycles. The molecule has 172 valence electrons. The minimum absolute atomic E-state index is 0.0821. The smallest absolute Gasteiger partial charge is 0.217 e. The molecule has 5 heteroatoms. The topological polar surface area (TPSA) is 46.9 Å². The Morgan fingerprint density at radius 1 is 1.22 bits per heavy atom. The lowest BCUT2D eigenvalue weighted by Crippen LogP contribution is -2.49. The Labute approximate surface area is 191 Å². The molecule has 0 fully saturated rings. The molecular weight excluding hydrogens is 401 g/mol. The number of allylic oxidation sites excluding steroid dienone is 2. The van der Waals surface area contributed by atoms with E-state index in [2.05, 4.69) is 31.2 Å². The number of fused-ring (bicyclic) bond motifs is 1. The molecule has 1 aromatic heterocycles. The van der Waals surface area contributed by atoms with Gasteiger partial charge in [0.2, 0.25) is 5.91 Å². The van der Waals surface area contributed by atoms with E-state index in [9.17, 15) is 9.18 Å². The van der Waals surface area contributed by atoms with Crippen LogP contribution in [0.2, 0.25) is 0 Å². The first kappa shape index (κ1) is 22.8. The SMILES string of the molecule is CCCC(CCC)(C[C@H]1CCC2=C1[C@@H](C)c1cnn(-c3ccc(F)cc3)c1C2)NC(C)=O. The molecule has 1 N–H and O–H groups in total. The zero-order chi connectivity index (χ0) is 22.9. The quantitative estimate of drug-likeness (QED) is 0.497. The van der Waals surface area contributed by atoms with Gasteiger partial charge in [-0.1, -0.05) is 44.8 Å². The summed E-state index contributed by atoms with van der Waals surface area (Å²) < 4.78 is 15.4. The molecule has 2 aromatic rings. The Hall–Kier alpha value is -2.43. The number of benzene rings is 1. The van der Waals surface area contributed by atoms with Crippen molar-refractivity contribution in [3.63, 3.8) is 0 Å². The molecule has 0 saturated heterocycles.